The molecule has 20 heavy (non-hydrogen) atoms. The van der Waals surface area contributed by atoms with Gasteiger partial charge >= 0.3 is 5.97 Å². The van der Waals surface area contributed by atoms with E-state index in [0.717, 1.165) is 0 Å². The van der Waals surface area contributed by atoms with Gasteiger partial charge in [0.2, 0.25) is 5.91 Å². The van der Waals surface area contributed by atoms with Crippen LogP contribution >= 0.6 is 11.6 Å². The second-order valence-electron chi connectivity index (χ2n) is 5.05. The maximum Gasteiger partial charge on any atom is 0.344 e. The number of hydrogen-bond donors (Lipinski definition) is 1. The Labute approximate surface area is 123 Å². The first-order valence-electron chi connectivity index (χ1n) is 6.11. The first-order valence-corrected chi connectivity index (χ1v) is 6.65. The molecule has 0 atom stereocenters. The van der Waals surface area contributed by atoms with Crippen LogP contribution in [0.25, 0.3) is 0 Å². The molecular formula is C14H18ClNO4. The third-order valence-corrected chi connectivity index (χ3v) is 2.29. The first-order chi connectivity index (χ1) is 9.31. The zero-order valence-corrected chi connectivity index (χ0v) is 12.5. The predicted octanol–water partition coefficient (Wildman–Crippen LogP) is 2.58. The van der Waals surface area contributed by atoms with Crippen molar-refractivity contribution in [3.63, 3.8) is 0 Å². The summed E-state index contributed by atoms with van der Waals surface area (Å²) in [5.41, 5.74) is -0.103. The second-order valence-corrected chi connectivity index (χ2v) is 5.32. The van der Waals surface area contributed by atoms with Crippen LogP contribution in [-0.4, -0.2) is 30.0 Å². The summed E-state index contributed by atoms with van der Waals surface area (Å²) in [6.07, 6.45) is 0. The summed E-state index contributed by atoms with van der Waals surface area (Å²) in [4.78, 5) is 22.8. The molecule has 1 aromatic rings. The van der Waals surface area contributed by atoms with Crippen LogP contribution in [0, 0.1) is 0 Å². The number of ether oxygens (including phenoxy) is 2. The van der Waals surface area contributed by atoms with Crippen molar-refractivity contribution in [2.24, 2.45) is 0 Å². The quantitative estimate of drug-likeness (QED) is 0.670. The molecule has 0 unspecified atom stereocenters. The van der Waals surface area contributed by atoms with Gasteiger partial charge in [-0.3, -0.25) is 4.79 Å². The average molecular weight is 300 g/mol. The van der Waals surface area contributed by atoms with Crippen LogP contribution in [0.3, 0.4) is 0 Å². The van der Waals surface area contributed by atoms with Crippen LogP contribution in [0.4, 0.5) is 5.69 Å². The van der Waals surface area contributed by atoms with Gasteiger partial charge in [0.15, 0.2) is 6.61 Å². The number of carbonyl (C=O) groups excluding carboxylic acids is 2. The van der Waals surface area contributed by atoms with Gasteiger partial charge in [-0.05, 0) is 32.9 Å². The molecule has 1 N–H and O–H groups in total. The fourth-order valence-electron chi connectivity index (χ4n) is 1.39. The fraction of sp³-hybridized carbons (Fsp3) is 0.429. The molecule has 0 bridgehead atoms. The molecule has 6 heteroatoms. The summed E-state index contributed by atoms with van der Waals surface area (Å²) < 4.78 is 10.5. The monoisotopic (exact) mass is 299 g/mol. The highest BCUT2D eigenvalue weighted by Gasteiger charge is 2.17. The van der Waals surface area contributed by atoms with E-state index in [2.05, 4.69) is 5.32 Å². The maximum atomic E-state index is 11.6. The van der Waals surface area contributed by atoms with Crippen LogP contribution in [0.2, 0.25) is 0 Å². The molecule has 1 amide bonds. The molecule has 0 fully saturated rings. The number of esters is 1. The number of benzene rings is 1. The van der Waals surface area contributed by atoms with Gasteiger partial charge in [-0.15, -0.1) is 11.6 Å². The standard InChI is InChI=1S/C14H18ClNO4/c1-14(2,3)20-13(18)9-19-11-7-5-4-6-10(11)16-12(17)8-15/h4-7H,8-9H2,1-3H3,(H,16,17). The van der Waals surface area contributed by atoms with Crippen molar-refractivity contribution in [1.29, 1.82) is 0 Å². The van der Waals surface area contributed by atoms with E-state index in [1.807, 2.05) is 0 Å². The summed E-state index contributed by atoms with van der Waals surface area (Å²) in [5.74, 6) is -0.590. The molecule has 0 aliphatic rings. The number of halogens is 1. The number of carbonyl (C=O) groups is 2. The van der Waals surface area contributed by atoms with Crippen LogP contribution in [-0.2, 0) is 14.3 Å². The van der Waals surface area contributed by atoms with Gasteiger partial charge in [-0.1, -0.05) is 12.1 Å². The van der Waals surface area contributed by atoms with Crippen LogP contribution in [0.1, 0.15) is 20.8 Å². The minimum atomic E-state index is -0.563. The van der Waals surface area contributed by atoms with Crippen molar-refractivity contribution in [3.05, 3.63) is 24.3 Å². The van der Waals surface area contributed by atoms with E-state index in [4.69, 9.17) is 21.1 Å². The molecule has 0 saturated carbocycles. The van der Waals surface area contributed by atoms with Crippen molar-refractivity contribution in [1.82, 2.24) is 0 Å². The summed E-state index contributed by atoms with van der Waals surface area (Å²) >= 11 is 5.43. The zero-order chi connectivity index (χ0) is 15.2. The summed E-state index contributed by atoms with van der Waals surface area (Å²) in [5, 5.41) is 2.58. The highest BCUT2D eigenvalue weighted by Crippen LogP contribution is 2.23. The van der Waals surface area contributed by atoms with Crippen molar-refractivity contribution < 1.29 is 19.1 Å². The molecule has 0 aromatic heterocycles. The molecule has 1 rings (SSSR count). The van der Waals surface area contributed by atoms with Crippen LogP contribution in [0.15, 0.2) is 24.3 Å². The summed E-state index contributed by atoms with van der Waals surface area (Å²) in [6, 6.07) is 6.79. The van der Waals surface area contributed by atoms with Crippen LogP contribution in [0.5, 0.6) is 5.75 Å². The van der Waals surface area contributed by atoms with Gasteiger partial charge in [-0.2, -0.15) is 0 Å². The minimum Gasteiger partial charge on any atom is -0.480 e. The Balaban J connectivity index is 2.64. The van der Waals surface area contributed by atoms with Gasteiger partial charge in [-0.25, -0.2) is 4.79 Å². The van der Waals surface area contributed by atoms with Gasteiger partial charge in [0, 0.05) is 0 Å². The van der Waals surface area contributed by atoms with E-state index in [1.54, 1.807) is 45.0 Å². The number of hydrogen-bond acceptors (Lipinski definition) is 4. The van der Waals surface area contributed by atoms with E-state index in [0.29, 0.717) is 11.4 Å². The fourth-order valence-corrected chi connectivity index (χ4v) is 1.45. The van der Waals surface area contributed by atoms with E-state index in [-0.39, 0.29) is 18.4 Å². The highest BCUT2D eigenvalue weighted by atomic mass is 35.5. The molecule has 0 aliphatic carbocycles. The molecular weight excluding hydrogens is 282 g/mol. The van der Waals surface area contributed by atoms with Gasteiger partial charge in [0.1, 0.15) is 17.2 Å². The lowest BCUT2D eigenvalue weighted by Gasteiger charge is -2.19. The third kappa shape index (κ3) is 5.93. The lowest BCUT2D eigenvalue weighted by Crippen LogP contribution is -2.27. The Kier molecular flexibility index (Phi) is 5.82. The molecule has 110 valence electrons. The molecule has 0 aliphatic heterocycles. The van der Waals surface area contributed by atoms with E-state index in [1.165, 1.54) is 0 Å². The lowest BCUT2D eigenvalue weighted by molar-refractivity contribution is -0.157. The van der Waals surface area contributed by atoms with Gasteiger partial charge < -0.3 is 14.8 Å². The second kappa shape index (κ2) is 7.14. The van der Waals surface area contributed by atoms with E-state index in [9.17, 15) is 9.59 Å². The Morgan fingerprint density at radius 3 is 2.50 bits per heavy atom. The van der Waals surface area contributed by atoms with Crippen LogP contribution < -0.4 is 10.1 Å². The van der Waals surface area contributed by atoms with Crippen molar-refractivity contribution >= 4 is 29.2 Å². The summed E-state index contributed by atoms with van der Waals surface area (Å²) in [6.45, 7) is 5.10. The van der Waals surface area contributed by atoms with Crippen molar-refractivity contribution in [3.8, 4) is 5.75 Å². The highest BCUT2D eigenvalue weighted by molar-refractivity contribution is 6.29. The van der Waals surface area contributed by atoms with Crippen molar-refractivity contribution in [2.75, 3.05) is 17.8 Å². The number of para-hydroxylation sites is 2. The smallest absolute Gasteiger partial charge is 0.344 e. The van der Waals surface area contributed by atoms with Gasteiger partial charge in [0.25, 0.3) is 0 Å². The third-order valence-electron chi connectivity index (χ3n) is 2.05. The number of nitrogens with one attached hydrogen (secondary N) is 1. The van der Waals surface area contributed by atoms with Crippen molar-refractivity contribution in [2.45, 2.75) is 26.4 Å². The Morgan fingerprint density at radius 2 is 1.90 bits per heavy atom. The molecule has 5 nitrogen and oxygen atoms in total. The lowest BCUT2D eigenvalue weighted by atomic mass is 10.2. The Morgan fingerprint density at radius 1 is 1.25 bits per heavy atom. The number of rotatable bonds is 5. The predicted molar refractivity (Wildman–Crippen MR) is 77.1 cm³/mol. The largest absolute Gasteiger partial charge is 0.480 e. The molecule has 0 saturated heterocycles. The number of anilines is 1. The molecule has 0 radical (unpaired) electrons. The summed E-state index contributed by atoms with van der Waals surface area (Å²) in [7, 11) is 0. The SMILES string of the molecule is CC(C)(C)OC(=O)COc1ccccc1NC(=O)CCl. The van der Waals surface area contributed by atoms with E-state index < -0.39 is 11.6 Å². The first kappa shape index (κ1) is 16.3. The molecule has 1 aromatic carbocycles. The average Bonchev–Trinajstić information content (AvgIpc) is 2.35. The Hall–Kier alpha value is -1.75. The maximum absolute atomic E-state index is 11.6. The molecule has 0 spiro atoms. The number of alkyl halides is 1. The normalized spacial score (nSPS) is 10.8. The minimum absolute atomic E-state index is 0.152. The van der Waals surface area contributed by atoms with E-state index >= 15 is 0 Å². The zero-order valence-electron chi connectivity index (χ0n) is 11.7. The van der Waals surface area contributed by atoms with Gasteiger partial charge in [0.05, 0.1) is 5.69 Å². The number of amides is 1. The molecule has 0 heterocycles. The topological polar surface area (TPSA) is 64.6 Å². The Bertz CT molecular complexity index is 482.